The average molecular weight is 1020 g/mol. The number of aryl methyl sites for hydroxylation is 2. The molecule has 0 aliphatic heterocycles. The number of esters is 2. The summed E-state index contributed by atoms with van der Waals surface area (Å²) in [5, 5.41) is 50.8. The molecule has 0 saturated heterocycles. The fraction of sp³-hybridized carbons (Fsp3) is 0.397. The van der Waals surface area contributed by atoms with E-state index < -0.39 is 41.4 Å². The van der Waals surface area contributed by atoms with Crippen molar-refractivity contribution in [3.8, 4) is 39.9 Å². The van der Waals surface area contributed by atoms with Crippen molar-refractivity contribution in [3.05, 3.63) is 153 Å². The lowest BCUT2D eigenvalue weighted by atomic mass is 9.43. The maximum atomic E-state index is 14.7. The fourth-order valence-corrected chi connectivity index (χ4v) is 13.8. The Morgan fingerprint density at radius 1 is 0.760 bits per heavy atom. The van der Waals surface area contributed by atoms with E-state index in [1.165, 1.54) is 26.7 Å². The minimum atomic E-state index is -0.837. The van der Waals surface area contributed by atoms with Crippen LogP contribution < -0.4 is 14.8 Å². The Morgan fingerprint density at radius 2 is 1.57 bits per heavy atom. The Hall–Kier alpha value is -6.86. The van der Waals surface area contributed by atoms with Gasteiger partial charge < -0.3 is 49.4 Å². The third-order valence-corrected chi connectivity index (χ3v) is 16.7. The highest BCUT2D eigenvalue weighted by Gasteiger charge is 2.62. The van der Waals surface area contributed by atoms with Gasteiger partial charge in [-0.25, -0.2) is 0 Å². The van der Waals surface area contributed by atoms with Crippen LogP contribution in [-0.2, 0) is 56.0 Å². The van der Waals surface area contributed by atoms with Crippen molar-refractivity contribution in [2.75, 3.05) is 40.6 Å². The Bertz CT molecular complexity index is 3130. The molecule has 12 nitrogen and oxygen atoms in total. The van der Waals surface area contributed by atoms with Crippen molar-refractivity contribution >= 4 is 28.8 Å². The fourth-order valence-electron chi connectivity index (χ4n) is 13.8. The van der Waals surface area contributed by atoms with Gasteiger partial charge in [0.2, 0.25) is 0 Å². The molecule has 10 rings (SSSR count). The molecule has 6 aromatic rings. The lowest BCUT2D eigenvalue weighted by Crippen LogP contribution is -2.58. The molecule has 4 aliphatic carbocycles. The van der Waals surface area contributed by atoms with E-state index in [1.54, 1.807) is 24.3 Å². The predicted molar refractivity (Wildman–Crippen MR) is 288 cm³/mol. The quantitative estimate of drug-likeness (QED) is 0.0459. The highest BCUT2D eigenvalue weighted by molar-refractivity contribution is 5.98. The van der Waals surface area contributed by atoms with Crippen LogP contribution >= 0.6 is 0 Å². The molecule has 1 saturated carbocycles. The number of hydrogen-bond acceptors (Lipinski definition) is 12. The zero-order chi connectivity index (χ0) is 52.4. The van der Waals surface area contributed by atoms with Crippen LogP contribution in [0.2, 0.25) is 0 Å². The topological polar surface area (TPSA) is 173 Å². The first-order valence-corrected chi connectivity index (χ1v) is 26.6. The van der Waals surface area contributed by atoms with E-state index in [-0.39, 0.29) is 48.5 Å². The number of aromatic hydroxyl groups is 3. The molecule has 0 bridgehead atoms. The number of phenols is 3. The van der Waals surface area contributed by atoms with Crippen LogP contribution in [0.25, 0.3) is 28.0 Å². The summed E-state index contributed by atoms with van der Waals surface area (Å²) in [7, 11) is 3.05. The molecule has 5 N–H and O–H groups in total. The van der Waals surface area contributed by atoms with Crippen LogP contribution in [0.3, 0.4) is 0 Å². The first-order chi connectivity index (χ1) is 36.4. The molecule has 0 amide bonds. The molecule has 0 heterocycles. The monoisotopic (exact) mass is 1020 g/mol. The van der Waals surface area contributed by atoms with E-state index in [4.69, 9.17) is 23.7 Å². The Labute approximate surface area is 439 Å². The lowest BCUT2D eigenvalue weighted by molar-refractivity contribution is -0.167. The molecule has 75 heavy (non-hydrogen) atoms. The molecule has 1 fully saturated rings. The molecule has 4 aliphatic rings. The van der Waals surface area contributed by atoms with Gasteiger partial charge in [-0.15, -0.1) is 0 Å². The summed E-state index contributed by atoms with van der Waals surface area (Å²) < 4.78 is 30.2. The van der Waals surface area contributed by atoms with Gasteiger partial charge in [-0.05, 0) is 185 Å². The zero-order valence-electron chi connectivity index (χ0n) is 43.4. The Balaban J connectivity index is 1.05. The number of aliphatic hydroxyl groups is 1. The minimum absolute atomic E-state index is 0.0192. The van der Waals surface area contributed by atoms with Gasteiger partial charge in [-0.3, -0.25) is 9.59 Å². The van der Waals surface area contributed by atoms with Crippen LogP contribution in [0.5, 0.6) is 28.7 Å². The summed E-state index contributed by atoms with van der Waals surface area (Å²) in [6, 6.07) is 33.3. The Morgan fingerprint density at radius 3 is 2.37 bits per heavy atom. The summed E-state index contributed by atoms with van der Waals surface area (Å²) in [5.41, 5.74) is 9.95. The van der Waals surface area contributed by atoms with Crippen molar-refractivity contribution in [2.45, 2.75) is 102 Å². The first kappa shape index (κ1) is 51.6. The van der Waals surface area contributed by atoms with Gasteiger partial charge in [0, 0.05) is 50.4 Å². The highest BCUT2D eigenvalue weighted by atomic mass is 16.6. The van der Waals surface area contributed by atoms with Crippen LogP contribution in [0.1, 0.15) is 102 Å². The van der Waals surface area contributed by atoms with E-state index in [0.717, 1.165) is 85.8 Å². The maximum Gasteiger partial charge on any atom is 0.310 e. The lowest BCUT2D eigenvalue weighted by Gasteiger charge is -2.61. The molecule has 0 unspecified atom stereocenters. The molecule has 0 radical (unpaired) electrons. The summed E-state index contributed by atoms with van der Waals surface area (Å²) in [5.74, 6) is -1.53. The van der Waals surface area contributed by atoms with E-state index >= 15 is 0 Å². The van der Waals surface area contributed by atoms with Crippen molar-refractivity contribution in [1.82, 2.24) is 5.32 Å². The van der Waals surface area contributed by atoms with Gasteiger partial charge >= 0.3 is 11.9 Å². The number of carbonyl (C=O) groups excluding carboxylic acids is 2. The van der Waals surface area contributed by atoms with Crippen LogP contribution in [0.4, 0.5) is 0 Å². The van der Waals surface area contributed by atoms with Crippen molar-refractivity contribution in [1.29, 1.82) is 0 Å². The third kappa shape index (κ3) is 10.2. The van der Waals surface area contributed by atoms with Gasteiger partial charge in [0.15, 0.2) is 23.0 Å². The number of aliphatic hydroxyl groups excluding tert-OH is 1. The van der Waals surface area contributed by atoms with Crippen molar-refractivity contribution < 1.29 is 53.7 Å². The number of rotatable bonds is 16. The minimum Gasteiger partial charge on any atom is -0.508 e. The van der Waals surface area contributed by atoms with Crippen LogP contribution in [-0.4, -0.2) is 85.2 Å². The number of allylic oxidation sites excluding steroid dienone is 1. The second-order valence-corrected chi connectivity index (χ2v) is 20.9. The molecular weight excluding hydrogens is 947 g/mol. The number of ether oxygens (including phenoxy) is 5. The summed E-state index contributed by atoms with van der Waals surface area (Å²) in [6.07, 6.45) is 5.44. The van der Waals surface area contributed by atoms with Crippen molar-refractivity contribution in [3.63, 3.8) is 0 Å². The third-order valence-electron chi connectivity index (χ3n) is 16.7. The zero-order valence-corrected chi connectivity index (χ0v) is 43.4. The number of hydrogen-bond donors (Lipinski definition) is 5. The number of fused-ring (bicyclic) bond motifs is 8. The number of phenolic OH excluding ortho intramolecular Hbond substituents is 3. The van der Waals surface area contributed by atoms with E-state index in [1.807, 2.05) is 55.5 Å². The predicted octanol–water partition coefficient (Wildman–Crippen LogP) is 10.6. The number of benzene rings is 6. The molecule has 12 heteroatoms. The van der Waals surface area contributed by atoms with Gasteiger partial charge in [-0.1, -0.05) is 66.2 Å². The molecule has 0 aromatic heterocycles. The van der Waals surface area contributed by atoms with Crippen LogP contribution in [0, 0.1) is 17.3 Å². The highest BCUT2D eigenvalue weighted by Crippen LogP contribution is 2.68. The summed E-state index contributed by atoms with van der Waals surface area (Å²) >= 11 is 0. The molecule has 0 spiro atoms. The first-order valence-electron chi connectivity index (χ1n) is 26.6. The van der Waals surface area contributed by atoms with Gasteiger partial charge in [0.1, 0.15) is 18.0 Å². The maximum absolute atomic E-state index is 14.7. The van der Waals surface area contributed by atoms with Crippen LogP contribution in [0.15, 0.2) is 109 Å². The average Bonchev–Trinajstić information content (AvgIpc) is 3.41. The molecule has 6 aromatic carbocycles. The van der Waals surface area contributed by atoms with Gasteiger partial charge in [0.25, 0.3) is 0 Å². The second kappa shape index (κ2) is 22.2. The molecule has 392 valence electrons. The molecular formula is C63H69NO11. The second-order valence-electron chi connectivity index (χ2n) is 20.9. The number of methoxy groups -OCH3 is 2. The number of nitrogens with one attached hydrogen (secondary N) is 1. The summed E-state index contributed by atoms with van der Waals surface area (Å²) in [6.45, 7) is 6.08. The normalized spacial score (nSPS) is 22.7. The molecule has 7 atom stereocenters. The van der Waals surface area contributed by atoms with Gasteiger partial charge in [-0.2, -0.15) is 0 Å². The Kier molecular flexibility index (Phi) is 15.2. The number of carbonyl (C=O) groups is 2. The van der Waals surface area contributed by atoms with Crippen molar-refractivity contribution in [2.24, 2.45) is 17.3 Å². The van der Waals surface area contributed by atoms with Gasteiger partial charge in [0.05, 0.1) is 27.2 Å². The largest absolute Gasteiger partial charge is 0.508 e. The van der Waals surface area contributed by atoms with E-state index in [9.17, 15) is 30.0 Å². The van der Waals surface area contributed by atoms with E-state index in [2.05, 4.69) is 41.7 Å². The SMILES string of the molecule is CCOCCCNCc1cccc(-c2cc(O)cc3ccc(CC(=O)O[C@@H]4C[C@@H](OC(C)=O)[C@H]5Cc6cc(OC)c(O)cc6[C@@H](CO)[C@]5(C5=Cc6ccccc6CC5)[C@@H]5CCc6cc(O)c(OC)cc6[C@@H]5C4)cc23)c1. The smallest absolute Gasteiger partial charge is 0.310 e. The van der Waals surface area contributed by atoms with E-state index in [0.29, 0.717) is 63.4 Å². The summed E-state index contributed by atoms with van der Waals surface area (Å²) in [4.78, 5) is 28.2. The standard InChI is InChI=1S/C63H69NO11/c1-5-73-21-9-20-64-35-39-10-8-13-42(22-39)50-30-47(67)26-43-15-14-38(23-49(43)50)24-62(70)75-48-31-53-51-34-61(72-4)57(68)28-44(51)17-19-54(53)63(46-18-16-40-11-6-7-12-41(40)25-46)55(59(32-48)74-37(2)66)27-45-29-60(71-3)58(69)33-52(45)56(63)36-65/h6-8,10-15,22-23,25-26,28-30,33-34,48,53-56,59,64-65,67-69H,5,9,16-21,24,27,31-32,35-36H2,1-4H3/t48-,53-,54+,55+,56+,59+,63+/m0/s1.